The van der Waals surface area contributed by atoms with E-state index in [0.717, 1.165) is 6.07 Å². The van der Waals surface area contributed by atoms with Gasteiger partial charge in [-0.15, -0.1) is 0 Å². The highest BCUT2D eigenvalue weighted by atomic mass is 19.4. The van der Waals surface area contributed by atoms with Gasteiger partial charge in [-0.2, -0.15) is 13.2 Å². The van der Waals surface area contributed by atoms with E-state index in [1.807, 2.05) is 0 Å². The summed E-state index contributed by atoms with van der Waals surface area (Å²) in [6, 6.07) is 3.64. The second-order valence-electron chi connectivity index (χ2n) is 4.85. The minimum absolute atomic E-state index is 0.00584. The van der Waals surface area contributed by atoms with Crippen LogP contribution in [-0.4, -0.2) is 18.6 Å². The Balaban J connectivity index is 2.73. The molecule has 0 radical (unpaired) electrons. The van der Waals surface area contributed by atoms with E-state index in [0.29, 0.717) is 5.56 Å². The molecule has 0 aromatic heterocycles. The first-order valence-electron chi connectivity index (χ1n) is 6.56. The third-order valence-electron chi connectivity index (χ3n) is 2.62. The SMILES string of the molecule is CC(C)NC(=O)CCOc1ccc(CN)cc1C(F)(F)F. The van der Waals surface area contributed by atoms with E-state index >= 15 is 0 Å². The summed E-state index contributed by atoms with van der Waals surface area (Å²) in [6.07, 6.45) is -4.53. The van der Waals surface area contributed by atoms with Gasteiger partial charge in [-0.25, -0.2) is 0 Å². The second kappa shape index (κ2) is 7.31. The number of carbonyl (C=O) groups is 1. The summed E-state index contributed by atoms with van der Waals surface area (Å²) >= 11 is 0. The Labute approximate surface area is 121 Å². The van der Waals surface area contributed by atoms with Crippen molar-refractivity contribution in [3.8, 4) is 5.75 Å². The van der Waals surface area contributed by atoms with Gasteiger partial charge in [0.15, 0.2) is 0 Å². The Morgan fingerprint density at radius 2 is 2.05 bits per heavy atom. The van der Waals surface area contributed by atoms with E-state index in [1.165, 1.54) is 12.1 Å². The monoisotopic (exact) mass is 304 g/mol. The Morgan fingerprint density at radius 1 is 1.38 bits per heavy atom. The zero-order chi connectivity index (χ0) is 16.0. The fraction of sp³-hybridized carbons (Fsp3) is 0.500. The molecule has 3 N–H and O–H groups in total. The van der Waals surface area contributed by atoms with Crippen LogP contribution in [-0.2, 0) is 17.5 Å². The molecule has 1 aromatic carbocycles. The van der Waals surface area contributed by atoms with Crippen LogP contribution in [0.1, 0.15) is 31.4 Å². The standard InChI is InChI=1S/C14H19F3N2O2/c1-9(2)19-13(20)5-6-21-12-4-3-10(8-18)7-11(12)14(15,16)17/h3-4,7,9H,5-6,8,18H2,1-2H3,(H,19,20). The quantitative estimate of drug-likeness (QED) is 0.848. The Hall–Kier alpha value is -1.76. The molecule has 0 unspecified atom stereocenters. The van der Waals surface area contributed by atoms with Gasteiger partial charge in [0.2, 0.25) is 5.91 Å². The summed E-state index contributed by atoms with van der Waals surface area (Å²) < 4.78 is 43.9. The van der Waals surface area contributed by atoms with E-state index < -0.39 is 11.7 Å². The number of rotatable bonds is 6. The lowest BCUT2D eigenvalue weighted by molar-refractivity contribution is -0.139. The number of benzene rings is 1. The van der Waals surface area contributed by atoms with Crippen molar-refractivity contribution in [2.45, 2.75) is 39.0 Å². The van der Waals surface area contributed by atoms with Crippen LogP contribution in [0.5, 0.6) is 5.75 Å². The zero-order valence-electron chi connectivity index (χ0n) is 12.0. The minimum Gasteiger partial charge on any atom is -0.492 e. The van der Waals surface area contributed by atoms with E-state index in [-0.39, 0.29) is 37.3 Å². The molecular weight excluding hydrogens is 285 g/mol. The van der Waals surface area contributed by atoms with Crippen LogP contribution in [0.4, 0.5) is 13.2 Å². The molecule has 4 nitrogen and oxygen atoms in total. The summed E-state index contributed by atoms with van der Waals surface area (Å²) in [7, 11) is 0. The summed E-state index contributed by atoms with van der Waals surface area (Å²) in [4.78, 5) is 11.4. The number of alkyl halides is 3. The lowest BCUT2D eigenvalue weighted by Crippen LogP contribution is -2.31. The van der Waals surface area contributed by atoms with Crippen LogP contribution < -0.4 is 15.8 Å². The van der Waals surface area contributed by atoms with Crippen molar-refractivity contribution in [2.75, 3.05) is 6.61 Å². The van der Waals surface area contributed by atoms with Gasteiger partial charge in [0.25, 0.3) is 0 Å². The van der Waals surface area contributed by atoms with Crippen LogP contribution >= 0.6 is 0 Å². The van der Waals surface area contributed by atoms with Crippen molar-refractivity contribution in [3.05, 3.63) is 29.3 Å². The highest BCUT2D eigenvalue weighted by molar-refractivity contribution is 5.76. The van der Waals surface area contributed by atoms with Crippen LogP contribution in [0.25, 0.3) is 0 Å². The summed E-state index contributed by atoms with van der Waals surface area (Å²) in [5, 5.41) is 2.63. The largest absolute Gasteiger partial charge is 0.492 e. The summed E-state index contributed by atoms with van der Waals surface area (Å²) in [5.74, 6) is -0.561. The van der Waals surface area contributed by atoms with Crippen molar-refractivity contribution in [3.63, 3.8) is 0 Å². The van der Waals surface area contributed by atoms with E-state index in [4.69, 9.17) is 10.5 Å². The van der Waals surface area contributed by atoms with Crippen molar-refractivity contribution in [2.24, 2.45) is 5.73 Å². The molecule has 0 bridgehead atoms. The molecule has 1 amide bonds. The molecule has 7 heteroatoms. The molecule has 0 fully saturated rings. The Morgan fingerprint density at radius 3 is 2.57 bits per heavy atom. The van der Waals surface area contributed by atoms with Gasteiger partial charge in [0.05, 0.1) is 18.6 Å². The molecule has 0 aliphatic heterocycles. The maximum absolute atomic E-state index is 12.9. The average Bonchev–Trinajstić information content (AvgIpc) is 2.36. The number of halogens is 3. The fourth-order valence-corrected chi connectivity index (χ4v) is 1.70. The lowest BCUT2D eigenvalue weighted by atomic mass is 10.1. The van der Waals surface area contributed by atoms with Gasteiger partial charge in [-0.3, -0.25) is 4.79 Å². The van der Waals surface area contributed by atoms with E-state index in [9.17, 15) is 18.0 Å². The van der Waals surface area contributed by atoms with Gasteiger partial charge >= 0.3 is 6.18 Å². The first kappa shape index (κ1) is 17.3. The van der Waals surface area contributed by atoms with Crippen molar-refractivity contribution < 1.29 is 22.7 Å². The number of hydrogen-bond donors (Lipinski definition) is 2. The summed E-state index contributed by atoms with van der Waals surface area (Å²) in [5.41, 5.74) is 4.83. The number of nitrogens with one attached hydrogen (secondary N) is 1. The third kappa shape index (κ3) is 5.63. The molecule has 1 aromatic rings. The predicted octanol–water partition coefficient (Wildman–Crippen LogP) is 2.46. The third-order valence-corrected chi connectivity index (χ3v) is 2.62. The predicted molar refractivity (Wildman–Crippen MR) is 72.7 cm³/mol. The minimum atomic E-state index is -4.53. The van der Waals surface area contributed by atoms with E-state index in [2.05, 4.69) is 5.32 Å². The number of amides is 1. The Bertz CT molecular complexity index is 488. The second-order valence-corrected chi connectivity index (χ2v) is 4.85. The molecule has 1 rings (SSSR count). The molecule has 0 heterocycles. The highest BCUT2D eigenvalue weighted by Crippen LogP contribution is 2.36. The van der Waals surface area contributed by atoms with Crippen molar-refractivity contribution in [1.29, 1.82) is 0 Å². The molecule has 21 heavy (non-hydrogen) atoms. The topological polar surface area (TPSA) is 64.3 Å². The van der Waals surface area contributed by atoms with E-state index in [1.54, 1.807) is 13.8 Å². The molecule has 0 saturated heterocycles. The van der Waals surface area contributed by atoms with Gasteiger partial charge in [0.1, 0.15) is 5.75 Å². The van der Waals surface area contributed by atoms with Crippen LogP contribution in [0.3, 0.4) is 0 Å². The maximum Gasteiger partial charge on any atom is 0.419 e. The van der Waals surface area contributed by atoms with Crippen LogP contribution in [0, 0.1) is 0 Å². The van der Waals surface area contributed by atoms with Gasteiger partial charge < -0.3 is 15.8 Å². The molecule has 0 aliphatic carbocycles. The number of hydrogen-bond acceptors (Lipinski definition) is 3. The summed E-state index contributed by atoms with van der Waals surface area (Å²) in [6.45, 7) is 3.49. The highest BCUT2D eigenvalue weighted by Gasteiger charge is 2.34. The fourth-order valence-electron chi connectivity index (χ4n) is 1.70. The molecule has 0 atom stereocenters. The number of nitrogens with two attached hydrogens (primary N) is 1. The van der Waals surface area contributed by atoms with Gasteiger partial charge in [0, 0.05) is 12.6 Å². The average molecular weight is 304 g/mol. The normalized spacial score (nSPS) is 11.6. The first-order chi connectivity index (χ1) is 9.74. The molecule has 0 aliphatic rings. The lowest BCUT2D eigenvalue weighted by Gasteiger charge is -2.15. The molecular formula is C14H19F3N2O2. The first-order valence-corrected chi connectivity index (χ1v) is 6.56. The van der Waals surface area contributed by atoms with Crippen LogP contribution in [0.15, 0.2) is 18.2 Å². The number of ether oxygens (including phenoxy) is 1. The maximum atomic E-state index is 12.9. The Kier molecular flexibility index (Phi) is 6.02. The number of carbonyl (C=O) groups excluding carboxylic acids is 1. The van der Waals surface area contributed by atoms with Crippen molar-refractivity contribution >= 4 is 5.91 Å². The van der Waals surface area contributed by atoms with Crippen LogP contribution in [0.2, 0.25) is 0 Å². The molecule has 118 valence electrons. The van der Waals surface area contributed by atoms with Crippen molar-refractivity contribution in [1.82, 2.24) is 5.32 Å². The smallest absolute Gasteiger partial charge is 0.419 e. The van der Waals surface area contributed by atoms with Gasteiger partial charge in [-0.1, -0.05) is 6.07 Å². The zero-order valence-corrected chi connectivity index (χ0v) is 12.0. The molecule has 0 spiro atoms. The molecule has 0 saturated carbocycles. The van der Waals surface area contributed by atoms with Gasteiger partial charge in [-0.05, 0) is 31.5 Å².